The molecule has 5 saturated heterocycles. The van der Waals surface area contributed by atoms with Gasteiger partial charge in [0.05, 0.1) is 31.0 Å². The first kappa shape index (κ1) is 32.4. The van der Waals surface area contributed by atoms with Gasteiger partial charge in [-0.2, -0.15) is 0 Å². The van der Waals surface area contributed by atoms with Crippen LogP contribution in [0.15, 0.2) is 73.3 Å². The highest BCUT2D eigenvalue weighted by Gasteiger charge is 2.68. The topological polar surface area (TPSA) is 46.2 Å². The highest BCUT2D eigenvalue weighted by atomic mass is 32.2. The van der Waals surface area contributed by atoms with Crippen LogP contribution < -0.4 is 10.4 Å². The standard InChI is InChI=1S/C37H50O5S2Si/c1-6-28-18-19-37(43-22-13-23-44-37)36(40-28)21-20-35(42-36)27(2)24-32-33(41-35)25-29(39-32)26-38-45(34(3,4)5,30-14-9-7-10-15-30)31-16-11-8-12-17-31/h6-12,14-17,27-29,32-33H,1,13,18-26H2,2-5H3/t27-,28-,29+,32-,33-,35-,36-/m1/s1. The maximum atomic E-state index is 7.28. The summed E-state index contributed by atoms with van der Waals surface area (Å²) in [6.07, 6.45) is 8.80. The first-order valence-corrected chi connectivity index (χ1v) is 20.9. The van der Waals surface area contributed by atoms with Crippen molar-refractivity contribution in [1.82, 2.24) is 0 Å². The van der Waals surface area contributed by atoms with Crippen LogP contribution in [0.2, 0.25) is 5.04 Å². The van der Waals surface area contributed by atoms with E-state index in [0.29, 0.717) is 6.61 Å². The van der Waals surface area contributed by atoms with E-state index in [0.717, 1.165) is 50.0 Å². The van der Waals surface area contributed by atoms with E-state index in [-0.39, 0.29) is 39.5 Å². The van der Waals surface area contributed by atoms with E-state index >= 15 is 0 Å². The van der Waals surface area contributed by atoms with Gasteiger partial charge in [0.25, 0.3) is 8.32 Å². The Morgan fingerprint density at radius 3 is 2.20 bits per heavy atom. The summed E-state index contributed by atoms with van der Waals surface area (Å²) in [4.78, 5) is 0. The highest BCUT2D eigenvalue weighted by molar-refractivity contribution is 8.18. The van der Waals surface area contributed by atoms with Crippen molar-refractivity contribution >= 4 is 42.2 Å². The lowest BCUT2D eigenvalue weighted by Gasteiger charge is -2.54. The van der Waals surface area contributed by atoms with Crippen LogP contribution in [-0.2, 0) is 23.4 Å². The molecule has 45 heavy (non-hydrogen) atoms. The van der Waals surface area contributed by atoms with E-state index in [4.69, 9.17) is 23.4 Å². The predicted molar refractivity (Wildman–Crippen MR) is 188 cm³/mol. The Labute approximate surface area is 279 Å². The van der Waals surface area contributed by atoms with Crippen molar-refractivity contribution in [1.29, 1.82) is 0 Å². The molecular formula is C37H50O5S2Si. The van der Waals surface area contributed by atoms with E-state index in [9.17, 15) is 0 Å². The van der Waals surface area contributed by atoms with Gasteiger partial charge >= 0.3 is 0 Å². The fraction of sp³-hybridized carbons (Fsp3) is 0.622. The maximum Gasteiger partial charge on any atom is 0.261 e. The average Bonchev–Trinajstić information content (AvgIpc) is 3.62. The van der Waals surface area contributed by atoms with E-state index in [1.807, 2.05) is 6.08 Å². The lowest BCUT2D eigenvalue weighted by Crippen LogP contribution is -2.67. The molecule has 5 nitrogen and oxygen atoms in total. The summed E-state index contributed by atoms with van der Waals surface area (Å²) in [5, 5.41) is 2.52. The first-order chi connectivity index (χ1) is 21.6. The third kappa shape index (κ3) is 5.53. The number of hydrogen-bond donors (Lipinski definition) is 0. The van der Waals surface area contributed by atoms with Gasteiger partial charge in [-0.05, 0) is 52.6 Å². The number of rotatable bonds is 6. The molecule has 8 heteroatoms. The van der Waals surface area contributed by atoms with Crippen LogP contribution >= 0.6 is 23.5 Å². The summed E-state index contributed by atoms with van der Waals surface area (Å²) in [6.45, 7) is 13.9. The minimum absolute atomic E-state index is 0.00879. The van der Waals surface area contributed by atoms with Gasteiger partial charge in [-0.15, -0.1) is 30.1 Å². The van der Waals surface area contributed by atoms with Crippen molar-refractivity contribution < 1.29 is 23.4 Å². The molecule has 0 unspecified atom stereocenters. The van der Waals surface area contributed by atoms with Crippen molar-refractivity contribution in [2.45, 2.75) is 118 Å². The molecule has 0 aliphatic carbocycles. The average molecular weight is 667 g/mol. The zero-order valence-corrected chi connectivity index (χ0v) is 30.0. The second kappa shape index (κ2) is 12.4. The van der Waals surface area contributed by atoms with Gasteiger partial charge in [0.15, 0.2) is 11.6 Å². The smallest absolute Gasteiger partial charge is 0.261 e. The number of ether oxygens (including phenoxy) is 4. The Morgan fingerprint density at radius 2 is 1.58 bits per heavy atom. The van der Waals surface area contributed by atoms with Crippen LogP contribution in [-0.4, -0.2) is 66.5 Å². The molecule has 5 aliphatic heterocycles. The summed E-state index contributed by atoms with van der Waals surface area (Å²) >= 11 is 4.11. The Bertz CT molecular complexity index is 1290. The van der Waals surface area contributed by atoms with Gasteiger partial charge in [-0.25, -0.2) is 0 Å². The summed E-state index contributed by atoms with van der Waals surface area (Å²) < 4.78 is 35.2. The monoisotopic (exact) mass is 666 g/mol. The Hall–Kier alpha value is -1.10. The molecule has 0 aromatic heterocycles. The molecular weight excluding hydrogens is 617 g/mol. The van der Waals surface area contributed by atoms with Crippen LogP contribution in [0.4, 0.5) is 0 Å². The van der Waals surface area contributed by atoms with Crippen LogP contribution in [0, 0.1) is 5.92 Å². The minimum atomic E-state index is -2.65. The second-order valence-corrected chi connectivity index (χ2v) is 22.1. The maximum absolute atomic E-state index is 7.28. The van der Waals surface area contributed by atoms with Crippen LogP contribution in [0.3, 0.4) is 0 Å². The lowest BCUT2D eigenvalue weighted by atomic mass is 9.86. The molecule has 5 heterocycles. The Kier molecular flexibility index (Phi) is 8.95. The lowest BCUT2D eigenvalue weighted by molar-refractivity contribution is -0.374. The fourth-order valence-electron chi connectivity index (χ4n) is 8.64. The molecule has 3 spiro atoms. The molecule has 0 N–H and O–H groups in total. The Balaban J connectivity index is 1.10. The first-order valence-electron chi connectivity index (χ1n) is 17.0. The van der Waals surface area contributed by atoms with Crippen molar-refractivity contribution in [3.05, 3.63) is 73.3 Å². The van der Waals surface area contributed by atoms with Crippen molar-refractivity contribution in [3.63, 3.8) is 0 Å². The molecule has 5 fully saturated rings. The molecule has 2 aromatic carbocycles. The molecule has 0 saturated carbocycles. The van der Waals surface area contributed by atoms with E-state index in [1.165, 1.54) is 16.8 Å². The molecule has 5 aliphatic rings. The summed E-state index contributed by atoms with van der Waals surface area (Å²) in [5.41, 5.74) is 0. The molecule has 0 radical (unpaired) electrons. The van der Waals surface area contributed by atoms with Crippen LogP contribution in [0.1, 0.15) is 72.6 Å². The summed E-state index contributed by atoms with van der Waals surface area (Å²) in [7, 11) is -2.65. The fourth-order valence-corrected chi connectivity index (χ4v) is 16.8. The summed E-state index contributed by atoms with van der Waals surface area (Å²) in [5.74, 6) is 1.24. The SMILES string of the molecule is C=C[C@@H]1CCC2(SCCCS2)[C@]2(CC[C@@]3(O[C@@H]4C[C@@H](CO[Si](c5ccccc5)(c5ccccc5)C(C)(C)C)O[C@@H]4C[C@H]3C)O2)O1. The number of thioether (sulfide) groups is 2. The van der Waals surface area contributed by atoms with Gasteiger partial charge in [0.2, 0.25) is 0 Å². The van der Waals surface area contributed by atoms with Crippen molar-refractivity contribution in [2.24, 2.45) is 5.92 Å². The Morgan fingerprint density at radius 1 is 0.911 bits per heavy atom. The highest BCUT2D eigenvalue weighted by Crippen LogP contribution is 2.64. The predicted octanol–water partition coefficient (Wildman–Crippen LogP) is 7.28. The number of hydrogen-bond acceptors (Lipinski definition) is 7. The zero-order valence-electron chi connectivity index (χ0n) is 27.4. The van der Waals surface area contributed by atoms with Gasteiger partial charge in [-0.1, -0.05) is 94.4 Å². The molecule has 7 rings (SSSR count). The van der Waals surface area contributed by atoms with Gasteiger partial charge < -0.3 is 23.4 Å². The van der Waals surface area contributed by atoms with Gasteiger partial charge in [-0.3, -0.25) is 0 Å². The van der Waals surface area contributed by atoms with Crippen molar-refractivity contribution in [2.75, 3.05) is 18.1 Å². The third-order valence-electron chi connectivity index (χ3n) is 10.9. The van der Waals surface area contributed by atoms with Crippen LogP contribution in [0.5, 0.6) is 0 Å². The summed E-state index contributed by atoms with van der Waals surface area (Å²) in [6, 6.07) is 21.7. The molecule has 244 valence electrons. The van der Waals surface area contributed by atoms with Crippen molar-refractivity contribution in [3.8, 4) is 0 Å². The van der Waals surface area contributed by atoms with E-state index in [2.05, 4.69) is 118 Å². The van der Waals surface area contributed by atoms with Crippen LogP contribution in [0.25, 0.3) is 0 Å². The largest absolute Gasteiger partial charge is 0.405 e. The number of fused-ring (bicyclic) bond motifs is 2. The van der Waals surface area contributed by atoms with Gasteiger partial charge in [0, 0.05) is 25.2 Å². The normalized spacial score (nSPS) is 36.4. The van der Waals surface area contributed by atoms with Gasteiger partial charge in [0.1, 0.15) is 4.08 Å². The third-order valence-corrected chi connectivity index (χ3v) is 19.6. The molecule has 2 aromatic rings. The van der Waals surface area contributed by atoms with E-state index in [1.54, 1.807) is 0 Å². The molecule has 7 atom stereocenters. The zero-order chi connectivity index (χ0) is 31.3. The quantitative estimate of drug-likeness (QED) is 0.237. The second-order valence-electron chi connectivity index (χ2n) is 14.7. The van der Waals surface area contributed by atoms with E-state index < -0.39 is 19.9 Å². The minimum Gasteiger partial charge on any atom is -0.405 e. The molecule has 0 bridgehead atoms. The molecule has 0 amide bonds. The number of benzene rings is 2.